The molecule has 1 aromatic rings. The summed E-state index contributed by atoms with van der Waals surface area (Å²) in [6, 6.07) is 8.73. The average Bonchev–Trinajstić information content (AvgIpc) is 2.24. The molecule has 1 unspecified atom stereocenters. The van der Waals surface area contributed by atoms with Gasteiger partial charge in [0.25, 0.3) is 0 Å². The molecule has 1 nitrogen and oxygen atoms in total. The predicted molar refractivity (Wildman–Crippen MR) is 68.6 cm³/mol. The Kier molecular flexibility index (Phi) is 5.45. The van der Waals surface area contributed by atoms with Crippen molar-refractivity contribution in [1.82, 2.24) is 5.32 Å². The monoisotopic (exact) mass is 265 g/mol. The van der Waals surface area contributed by atoms with E-state index in [1.54, 1.807) is 0 Å². The zero-order chi connectivity index (χ0) is 11.1. The van der Waals surface area contributed by atoms with Crippen molar-refractivity contribution in [3.05, 3.63) is 34.3 Å². The minimum Gasteiger partial charge on any atom is -0.310 e. The van der Waals surface area contributed by atoms with E-state index in [0.717, 1.165) is 23.9 Å². The van der Waals surface area contributed by atoms with E-state index in [0.29, 0.717) is 6.04 Å². The SMILES string of the molecule is C#CCCCNC(C)c1cccc(Br)c1. The zero-order valence-electron chi connectivity index (χ0n) is 8.96. The minimum atomic E-state index is 0.375. The fraction of sp³-hybridized carbons (Fsp3) is 0.385. The van der Waals surface area contributed by atoms with E-state index < -0.39 is 0 Å². The molecule has 0 saturated carbocycles. The lowest BCUT2D eigenvalue weighted by molar-refractivity contribution is 0.562. The lowest BCUT2D eigenvalue weighted by atomic mass is 10.1. The van der Waals surface area contributed by atoms with Crippen molar-refractivity contribution in [2.24, 2.45) is 0 Å². The summed E-state index contributed by atoms with van der Waals surface area (Å²) in [6.45, 7) is 3.13. The third kappa shape index (κ3) is 4.51. The van der Waals surface area contributed by atoms with Gasteiger partial charge in [0, 0.05) is 16.9 Å². The highest BCUT2D eigenvalue weighted by molar-refractivity contribution is 9.10. The second-order valence-electron chi connectivity index (χ2n) is 3.54. The summed E-state index contributed by atoms with van der Waals surface area (Å²) in [7, 11) is 0. The van der Waals surface area contributed by atoms with Crippen LogP contribution in [0.4, 0.5) is 0 Å². The Morgan fingerprint density at radius 3 is 3.00 bits per heavy atom. The molecule has 0 radical (unpaired) electrons. The standard InChI is InChI=1S/C13H16BrN/c1-3-4-5-9-15-11(2)12-7-6-8-13(14)10-12/h1,6-8,10-11,15H,4-5,9H2,2H3. The number of hydrogen-bond donors (Lipinski definition) is 1. The minimum absolute atomic E-state index is 0.375. The van der Waals surface area contributed by atoms with Gasteiger partial charge >= 0.3 is 0 Å². The molecular weight excluding hydrogens is 250 g/mol. The van der Waals surface area contributed by atoms with Crippen LogP contribution in [0.5, 0.6) is 0 Å². The topological polar surface area (TPSA) is 12.0 Å². The smallest absolute Gasteiger partial charge is 0.0292 e. The van der Waals surface area contributed by atoms with Crippen LogP contribution in [0, 0.1) is 12.3 Å². The second kappa shape index (κ2) is 6.66. The van der Waals surface area contributed by atoms with E-state index in [9.17, 15) is 0 Å². The third-order valence-electron chi connectivity index (χ3n) is 2.30. The molecule has 0 spiro atoms. The van der Waals surface area contributed by atoms with E-state index in [-0.39, 0.29) is 0 Å². The molecule has 0 aromatic heterocycles. The van der Waals surface area contributed by atoms with E-state index >= 15 is 0 Å². The van der Waals surface area contributed by atoms with Crippen LogP contribution in [0.15, 0.2) is 28.7 Å². The van der Waals surface area contributed by atoms with Crippen LogP contribution in [0.2, 0.25) is 0 Å². The predicted octanol–water partition coefficient (Wildman–Crippen LogP) is 3.51. The fourth-order valence-electron chi connectivity index (χ4n) is 1.40. The van der Waals surface area contributed by atoms with Crippen LogP contribution in [0.1, 0.15) is 31.4 Å². The van der Waals surface area contributed by atoms with Gasteiger partial charge in [0.1, 0.15) is 0 Å². The Morgan fingerprint density at radius 2 is 2.33 bits per heavy atom. The van der Waals surface area contributed by atoms with Crippen LogP contribution < -0.4 is 5.32 Å². The number of rotatable bonds is 5. The van der Waals surface area contributed by atoms with Gasteiger partial charge in [-0.25, -0.2) is 0 Å². The molecule has 0 aliphatic heterocycles. The quantitative estimate of drug-likeness (QED) is 0.635. The number of hydrogen-bond acceptors (Lipinski definition) is 1. The van der Waals surface area contributed by atoms with E-state index in [4.69, 9.17) is 6.42 Å². The number of benzene rings is 1. The van der Waals surface area contributed by atoms with Gasteiger partial charge < -0.3 is 5.32 Å². The second-order valence-corrected chi connectivity index (χ2v) is 4.45. The first-order chi connectivity index (χ1) is 7.24. The van der Waals surface area contributed by atoms with Gasteiger partial charge in [0.05, 0.1) is 0 Å². The summed E-state index contributed by atoms with van der Waals surface area (Å²) in [5.41, 5.74) is 1.30. The normalized spacial score (nSPS) is 12.1. The van der Waals surface area contributed by atoms with Gasteiger partial charge in [-0.3, -0.25) is 0 Å². The molecule has 15 heavy (non-hydrogen) atoms. The Labute approximate surface area is 100 Å². The van der Waals surface area contributed by atoms with Gasteiger partial charge in [-0.2, -0.15) is 0 Å². The lowest BCUT2D eigenvalue weighted by Crippen LogP contribution is -2.19. The van der Waals surface area contributed by atoms with Crippen molar-refractivity contribution >= 4 is 15.9 Å². The van der Waals surface area contributed by atoms with Crippen molar-refractivity contribution in [1.29, 1.82) is 0 Å². The molecule has 1 rings (SSSR count). The van der Waals surface area contributed by atoms with Crippen LogP contribution in [-0.4, -0.2) is 6.54 Å². The molecule has 0 heterocycles. The third-order valence-corrected chi connectivity index (χ3v) is 2.79. The Morgan fingerprint density at radius 1 is 1.53 bits per heavy atom. The summed E-state index contributed by atoms with van der Waals surface area (Å²) in [5, 5.41) is 3.44. The molecule has 80 valence electrons. The molecular formula is C13H16BrN. The highest BCUT2D eigenvalue weighted by Gasteiger charge is 2.03. The molecule has 1 atom stereocenters. The van der Waals surface area contributed by atoms with Crippen LogP contribution >= 0.6 is 15.9 Å². The summed E-state index contributed by atoms with van der Waals surface area (Å²) in [4.78, 5) is 0. The first kappa shape index (κ1) is 12.3. The molecule has 1 aromatic carbocycles. The van der Waals surface area contributed by atoms with Gasteiger partial charge in [-0.1, -0.05) is 28.1 Å². The Balaban J connectivity index is 2.40. The number of halogens is 1. The van der Waals surface area contributed by atoms with Crippen LogP contribution in [0.3, 0.4) is 0 Å². The fourth-order valence-corrected chi connectivity index (χ4v) is 1.82. The van der Waals surface area contributed by atoms with Gasteiger partial charge in [0.15, 0.2) is 0 Å². The Hall–Kier alpha value is -0.780. The van der Waals surface area contributed by atoms with E-state index in [1.165, 1.54) is 5.56 Å². The number of terminal acetylenes is 1. The molecule has 0 aliphatic rings. The van der Waals surface area contributed by atoms with Gasteiger partial charge in [-0.15, -0.1) is 12.3 Å². The van der Waals surface area contributed by atoms with Gasteiger partial charge in [-0.05, 0) is 37.6 Å². The molecule has 0 fully saturated rings. The maximum Gasteiger partial charge on any atom is 0.0292 e. The molecule has 0 amide bonds. The number of unbranched alkanes of at least 4 members (excludes halogenated alkanes) is 1. The molecule has 2 heteroatoms. The summed E-state index contributed by atoms with van der Waals surface area (Å²) >= 11 is 3.47. The van der Waals surface area contributed by atoms with Gasteiger partial charge in [0.2, 0.25) is 0 Å². The molecule has 0 aliphatic carbocycles. The lowest BCUT2D eigenvalue weighted by Gasteiger charge is -2.13. The summed E-state index contributed by atoms with van der Waals surface area (Å²) < 4.78 is 1.12. The van der Waals surface area contributed by atoms with E-state index in [2.05, 4.69) is 52.3 Å². The highest BCUT2D eigenvalue weighted by atomic mass is 79.9. The zero-order valence-corrected chi connectivity index (χ0v) is 10.5. The first-order valence-electron chi connectivity index (χ1n) is 5.16. The van der Waals surface area contributed by atoms with Crippen LogP contribution in [-0.2, 0) is 0 Å². The van der Waals surface area contributed by atoms with Crippen LogP contribution in [0.25, 0.3) is 0 Å². The molecule has 0 saturated heterocycles. The van der Waals surface area contributed by atoms with Crippen molar-refractivity contribution in [2.75, 3.05) is 6.54 Å². The Bertz CT molecular complexity index is 341. The van der Waals surface area contributed by atoms with E-state index in [1.807, 2.05) is 6.07 Å². The van der Waals surface area contributed by atoms with Crippen molar-refractivity contribution in [3.63, 3.8) is 0 Å². The maximum absolute atomic E-state index is 5.19. The maximum atomic E-state index is 5.19. The van der Waals surface area contributed by atoms with Crippen molar-refractivity contribution in [2.45, 2.75) is 25.8 Å². The van der Waals surface area contributed by atoms with Crippen molar-refractivity contribution < 1.29 is 0 Å². The average molecular weight is 266 g/mol. The molecule has 1 N–H and O–H groups in total. The highest BCUT2D eigenvalue weighted by Crippen LogP contribution is 2.17. The largest absolute Gasteiger partial charge is 0.310 e. The number of nitrogens with one attached hydrogen (secondary N) is 1. The first-order valence-corrected chi connectivity index (χ1v) is 5.95. The molecule has 0 bridgehead atoms. The summed E-state index contributed by atoms with van der Waals surface area (Å²) in [6.07, 6.45) is 7.07. The summed E-state index contributed by atoms with van der Waals surface area (Å²) in [5.74, 6) is 2.64. The van der Waals surface area contributed by atoms with Crippen molar-refractivity contribution in [3.8, 4) is 12.3 Å².